The number of nitrogens with two attached hydrogens (primary N) is 1. The number of aromatic nitrogens is 3. The summed E-state index contributed by atoms with van der Waals surface area (Å²) >= 11 is 1.46. The average Bonchev–Trinajstić information content (AvgIpc) is 3.45. The highest BCUT2D eigenvalue weighted by molar-refractivity contribution is 7.98. The molecule has 5 rings (SSSR count). The molecule has 0 aliphatic carbocycles. The zero-order valence-electron chi connectivity index (χ0n) is 16.8. The first kappa shape index (κ1) is 19.6. The molecule has 1 saturated heterocycles. The van der Waals surface area contributed by atoms with E-state index >= 15 is 0 Å². The Morgan fingerprint density at radius 2 is 2.16 bits per heavy atom. The van der Waals surface area contributed by atoms with Crippen molar-refractivity contribution < 1.29 is 14.0 Å². The molecule has 0 spiro atoms. The lowest BCUT2D eigenvalue weighted by Crippen LogP contribution is -2.39. The normalized spacial score (nSPS) is 18.0. The number of amides is 2. The minimum atomic E-state index is -0.680. The number of anilines is 2. The van der Waals surface area contributed by atoms with Crippen LogP contribution >= 0.6 is 11.8 Å². The zero-order chi connectivity index (χ0) is 21.5. The first-order valence-corrected chi connectivity index (χ1v) is 11.1. The molecule has 2 aromatic heterocycles. The third kappa shape index (κ3) is 3.42. The Morgan fingerprint density at radius 3 is 2.94 bits per heavy atom. The maximum Gasteiger partial charge on any atom is 0.286 e. The summed E-state index contributed by atoms with van der Waals surface area (Å²) in [5.74, 6) is 0.154. The van der Waals surface area contributed by atoms with Gasteiger partial charge in [0.15, 0.2) is 5.16 Å². The van der Waals surface area contributed by atoms with E-state index in [1.54, 1.807) is 11.1 Å². The van der Waals surface area contributed by atoms with Crippen LogP contribution < -0.4 is 15.5 Å². The van der Waals surface area contributed by atoms with Gasteiger partial charge in [-0.1, -0.05) is 17.8 Å². The Morgan fingerprint density at radius 1 is 1.29 bits per heavy atom. The molecule has 1 aromatic carbocycles. The second-order valence-electron chi connectivity index (χ2n) is 7.44. The van der Waals surface area contributed by atoms with Crippen LogP contribution in [0.5, 0.6) is 0 Å². The van der Waals surface area contributed by atoms with E-state index in [-0.39, 0.29) is 23.6 Å². The van der Waals surface area contributed by atoms with Crippen molar-refractivity contribution in [3.8, 4) is 11.5 Å². The van der Waals surface area contributed by atoms with Gasteiger partial charge in [0, 0.05) is 36.6 Å². The molecule has 1 fully saturated rings. The SMILES string of the molecule is CSc1ncc2c(n1)N1CCCC1CN(c1cccc(-c3ncc(C(N)=O)o3)c1)C2=O. The molecule has 0 bridgehead atoms. The lowest BCUT2D eigenvalue weighted by Gasteiger charge is -2.27. The summed E-state index contributed by atoms with van der Waals surface area (Å²) in [6, 6.07) is 7.53. The van der Waals surface area contributed by atoms with Crippen LogP contribution in [-0.4, -0.2) is 52.2 Å². The van der Waals surface area contributed by atoms with Crippen LogP contribution in [0.25, 0.3) is 11.5 Å². The molecule has 0 saturated carbocycles. The summed E-state index contributed by atoms with van der Waals surface area (Å²) in [6.45, 7) is 1.42. The van der Waals surface area contributed by atoms with Gasteiger partial charge in [0.25, 0.3) is 11.8 Å². The second kappa shape index (κ2) is 7.69. The topological polar surface area (TPSA) is 118 Å². The van der Waals surface area contributed by atoms with E-state index in [9.17, 15) is 9.59 Å². The van der Waals surface area contributed by atoms with Crippen LogP contribution in [0.2, 0.25) is 0 Å². The average molecular weight is 436 g/mol. The van der Waals surface area contributed by atoms with Gasteiger partial charge >= 0.3 is 0 Å². The van der Waals surface area contributed by atoms with E-state index < -0.39 is 5.91 Å². The second-order valence-corrected chi connectivity index (χ2v) is 8.22. The number of nitrogens with zero attached hydrogens (tertiary/aromatic N) is 5. The fourth-order valence-electron chi connectivity index (χ4n) is 4.12. The predicted octanol–water partition coefficient (Wildman–Crippen LogP) is 2.58. The van der Waals surface area contributed by atoms with Crippen molar-refractivity contribution in [2.45, 2.75) is 24.0 Å². The van der Waals surface area contributed by atoms with E-state index in [0.717, 1.165) is 25.1 Å². The molecule has 0 radical (unpaired) electrons. The molecule has 31 heavy (non-hydrogen) atoms. The number of fused-ring (bicyclic) bond motifs is 3. The Balaban J connectivity index is 1.55. The molecular formula is C21H20N6O3S. The van der Waals surface area contributed by atoms with Crippen LogP contribution in [-0.2, 0) is 0 Å². The standard InChI is InChI=1S/C21H20N6O3S/c1-31-21-24-9-15-18(25-21)26-7-3-6-14(26)11-27(20(15)29)13-5-2-4-12(8-13)19-23-10-16(30-19)17(22)28/h2,4-5,8-10,14H,3,6-7,11H2,1H3,(H2,22,28). The summed E-state index contributed by atoms with van der Waals surface area (Å²) in [5, 5.41) is 0.654. The molecule has 4 heterocycles. The molecular weight excluding hydrogens is 416 g/mol. The summed E-state index contributed by atoms with van der Waals surface area (Å²) in [7, 11) is 0. The van der Waals surface area contributed by atoms with Gasteiger partial charge in [0.05, 0.1) is 6.20 Å². The van der Waals surface area contributed by atoms with Gasteiger partial charge in [-0.15, -0.1) is 0 Å². The predicted molar refractivity (Wildman–Crippen MR) is 116 cm³/mol. The number of hydrogen-bond donors (Lipinski definition) is 1. The maximum atomic E-state index is 13.5. The minimum absolute atomic E-state index is 0.0106. The third-order valence-corrected chi connectivity index (χ3v) is 6.16. The Hall–Kier alpha value is -3.40. The number of hydrogen-bond acceptors (Lipinski definition) is 8. The largest absolute Gasteiger partial charge is 0.431 e. The number of carbonyl (C=O) groups is 2. The van der Waals surface area contributed by atoms with Gasteiger partial charge < -0.3 is 20.0 Å². The molecule has 9 nitrogen and oxygen atoms in total. The highest BCUT2D eigenvalue weighted by Gasteiger charge is 2.37. The molecule has 2 N–H and O–H groups in total. The van der Waals surface area contributed by atoms with Crippen molar-refractivity contribution in [2.75, 3.05) is 29.1 Å². The lowest BCUT2D eigenvalue weighted by molar-refractivity contribution is 0.0971. The number of carbonyl (C=O) groups excluding carboxylic acids is 2. The fraction of sp³-hybridized carbons (Fsp3) is 0.286. The summed E-state index contributed by atoms with van der Waals surface area (Å²) in [6.07, 6.45) is 6.89. The molecule has 158 valence electrons. The lowest BCUT2D eigenvalue weighted by atomic mass is 10.1. The Labute approximate surface area is 182 Å². The van der Waals surface area contributed by atoms with Crippen LogP contribution in [0, 0.1) is 0 Å². The molecule has 10 heteroatoms. The summed E-state index contributed by atoms with van der Waals surface area (Å²) in [5.41, 5.74) is 7.13. The summed E-state index contributed by atoms with van der Waals surface area (Å²) < 4.78 is 5.46. The van der Waals surface area contributed by atoms with Crippen LogP contribution in [0.15, 0.2) is 46.2 Å². The van der Waals surface area contributed by atoms with Gasteiger partial charge in [0.1, 0.15) is 11.4 Å². The van der Waals surface area contributed by atoms with Crippen LogP contribution in [0.1, 0.15) is 33.8 Å². The number of thioether (sulfide) groups is 1. The van der Waals surface area contributed by atoms with Crippen molar-refractivity contribution >= 4 is 35.1 Å². The molecule has 2 aliphatic rings. The number of rotatable bonds is 4. The highest BCUT2D eigenvalue weighted by atomic mass is 32.2. The van der Waals surface area contributed by atoms with E-state index in [0.29, 0.717) is 28.6 Å². The first-order valence-electron chi connectivity index (χ1n) is 9.91. The molecule has 1 atom stereocenters. The van der Waals surface area contributed by atoms with Crippen molar-refractivity contribution in [3.05, 3.63) is 48.0 Å². The van der Waals surface area contributed by atoms with Gasteiger partial charge in [-0.25, -0.2) is 15.0 Å². The minimum Gasteiger partial charge on any atom is -0.431 e. The fourth-order valence-corrected chi connectivity index (χ4v) is 4.46. The number of oxazole rings is 1. The van der Waals surface area contributed by atoms with Crippen molar-refractivity contribution in [3.63, 3.8) is 0 Å². The highest BCUT2D eigenvalue weighted by Crippen LogP contribution is 2.35. The van der Waals surface area contributed by atoms with Crippen molar-refractivity contribution in [1.82, 2.24) is 15.0 Å². The van der Waals surface area contributed by atoms with E-state index in [4.69, 9.17) is 10.2 Å². The van der Waals surface area contributed by atoms with E-state index in [1.165, 1.54) is 18.0 Å². The smallest absolute Gasteiger partial charge is 0.286 e. The maximum absolute atomic E-state index is 13.5. The Kier molecular flexibility index (Phi) is 4.85. The monoisotopic (exact) mass is 436 g/mol. The van der Waals surface area contributed by atoms with Gasteiger partial charge in [-0.2, -0.15) is 0 Å². The number of primary amides is 1. The van der Waals surface area contributed by atoms with Crippen molar-refractivity contribution in [1.29, 1.82) is 0 Å². The number of benzene rings is 1. The molecule has 3 aromatic rings. The van der Waals surface area contributed by atoms with Gasteiger partial charge in [0.2, 0.25) is 11.7 Å². The Bertz CT molecular complexity index is 1180. The van der Waals surface area contributed by atoms with Crippen LogP contribution in [0.4, 0.5) is 11.5 Å². The molecule has 1 unspecified atom stereocenters. The first-order chi connectivity index (χ1) is 15.0. The summed E-state index contributed by atoms with van der Waals surface area (Å²) in [4.78, 5) is 42.0. The van der Waals surface area contributed by atoms with Crippen LogP contribution in [0.3, 0.4) is 0 Å². The van der Waals surface area contributed by atoms with Crippen molar-refractivity contribution in [2.24, 2.45) is 5.73 Å². The zero-order valence-corrected chi connectivity index (χ0v) is 17.6. The quantitative estimate of drug-likeness (QED) is 0.490. The molecule has 2 aliphatic heterocycles. The third-order valence-electron chi connectivity index (χ3n) is 5.60. The van der Waals surface area contributed by atoms with Gasteiger partial charge in [-0.05, 0) is 37.3 Å². The molecule has 2 amide bonds. The van der Waals surface area contributed by atoms with Gasteiger partial charge in [-0.3, -0.25) is 9.59 Å². The van der Waals surface area contributed by atoms with E-state index in [1.807, 2.05) is 30.5 Å². The van der Waals surface area contributed by atoms with E-state index in [2.05, 4.69) is 19.9 Å².